The third kappa shape index (κ3) is 5.15. The van der Waals surface area contributed by atoms with Gasteiger partial charge in [0.05, 0.1) is 0 Å². The fourth-order valence-corrected chi connectivity index (χ4v) is 3.90. The smallest absolute Gasteiger partial charge is 0.191 e. The zero-order chi connectivity index (χ0) is 17.6. The van der Waals surface area contributed by atoms with Crippen LogP contribution in [0.4, 0.5) is 4.39 Å². The molecule has 0 amide bonds. The van der Waals surface area contributed by atoms with Gasteiger partial charge in [-0.1, -0.05) is 22.0 Å². The SMILES string of the molecule is CN=C(NCCCc1ccc(Br)cc1F)NCC1CN2CCN1CC2. The van der Waals surface area contributed by atoms with Crippen molar-refractivity contribution in [1.82, 2.24) is 20.4 Å². The Bertz CT molecular complexity index is 601. The minimum absolute atomic E-state index is 0.145. The highest BCUT2D eigenvalue weighted by atomic mass is 79.9. The third-order valence-corrected chi connectivity index (χ3v) is 5.54. The molecule has 0 saturated carbocycles. The van der Waals surface area contributed by atoms with Crippen LogP contribution in [0, 0.1) is 5.82 Å². The number of aryl methyl sites for hydroxylation is 1. The summed E-state index contributed by atoms with van der Waals surface area (Å²) in [7, 11) is 1.79. The fourth-order valence-electron chi connectivity index (χ4n) is 3.56. The van der Waals surface area contributed by atoms with Gasteiger partial charge in [-0.2, -0.15) is 0 Å². The molecule has 2 N–H and O–H groups in total. The monoisotopic (exact) mass is 411 g/mol. The summed E-state index contributed by atoms with van der Waals surface area (Å²) in [6, 6.07) is 5.81. The molecule has 5 nitrogen and oxygen atoms in total. The van der Waals surface area contributed by atoms with Crippen molar-refractivity contribution in [2.75, 3.05) is 52.9 Å². The molecule has 4 rings (SSSR count). The van der Waals surface area contributed by atoms with Gasteiger partial charge in [-0.3, -0.25) is 14.8 Å². The van der Waals surface area contributed by atoms with Gasteiger partial charge in [0.25, 0.3) is 0 Å². The van der Waals surface area contributed by atoms with E-state index >= 15 is 0 Å². The van der Waals surface area contributed by atoms with Gasteiger partial charge in [0, 0.05) is 63.4 Å². The van der Waals surface area contributed by atoms with E-state index < -0.39 is 0 Å². The van der Waals surface area contributed by atoms with Crippen LogP contribution in [0.25, 0.3) is 0 Å². The van der Waals surface area contributed by atoms with Crippen molar-refractivity contribution in [3.8, 4) is 0 Å². The number of benzene rings is 1. The number of aliphatic imine (C=N–C) groups is 1. The van der Waals surface area contributed by atoms with Crippen LogP contribution in [0.5, 0.6) is 0 Å². The maximum atomic E-state index is 13.8. The summed E-state index contributed by atoms with van der Waals surface area (Å²) in [5, 5.41) is 6.76. The topological polar surface area (TPSA) is 42.9 Å². The van der Waals surface area contributed by atoms with Crippen LogP contribution in [0.3, 0.4) is 0 Å². The Kier molecular flexibility index (Phi) is 6.67. The van der Waals surface area contributed by atoms with Gasteiger partial charge in [-0.05, 0) is 30.5 Å². The van der Waals surface area contributed by atoms with E-state index in [1.54, 1.807) is 7.05 Å². The number of nitrogens with one attached hydrogen (secondary N) is 2. The lowest BCUT2D eigenvalue weighted by Gasteiger charge is -2.47. The molecule has 3 aliphatic heterocycles. The van der Waals surface area contributed by atoms with Crippen molar-refractivity contribution in [2.45, 2.75) is 18.9 Å². The van der Waals surface area contributed by atoms with Crippen molar-refractivity contribution in [2.24, 2.45) is 4.99 Å². The molecule has 3 saturated heterocycles. The van der Waals surface area contributed by atoms with Gasteiger partial charge in [0.1, 0.15) is 5.82 Å². The van der Waals surface area contributed by atoms with E-state index in [4.69, 9.17) is 0 Å². The number of piperazine rings is 3. The van der Waals surface area contributed by atoms with Crippen molar-refractivity contribution in [3.05, 3.63) is 34.1 Å². The van der Waals surface area contributed by atoms with Gasteiger partial charge in [-0.25, -0.2) is 4.39 Å². The van der Waals surface area contributed by atoms with Crippen molar-refractivity contribution in [1.29, 1.82) is 0 Å². The fraction of sp³-hybridized carbons (Fsp3) is 0.611. The van der Waals surface area contributed by atoms with E-state index in [-0.39, 0.29) is 5.82 Å². The molecule has 0 aliphatic carbocycles. The minimum Gasteiger partial charge on any atom is -0.356 e. The number of halogens is 2. The molecule has 25 heavy (non-hydrogen) atoms. The summed E-state index contributed by atoms with van der Waals surface area (Å²) < 4.78 is 14.6. The minimum atomic E-state index is -0.145. The van der Waals surface area contributed by atoms with Crippen LogP contribution in [0.1, 0.15) is 12.0 Å². The lowest BCUT2D eigenvalue weighted by molar-refractivity contribution is 0.0154. The van der Waals surface area contributed by atoms with Crippen LogP contribution in [0.15, 0.2) is 27.7 Å². The third-order valence-electron chi connectivity index (χ3n) is 5.05. The molecule has 0 spiro atoms. The quantitative estimate of drug-likeness (QED) is 0.424. The molecule has 2 bridgehead atoms. The van der Waals surface area contributed by atoms with Crippen molar-refractivity contribution >= 4 is 21.9 Å². The second kappa shape index (κ2) is 8.96. The molecular formula is C18H27BrFN5. The first-order valence-corrected chi connectivity index (χ1v) is 9.80. The standard InChI is InChI=1S/C18H27BrFN5/c1-21-18(23-12-16-13-24-7-9-25(16)10-8-24)22-6-2-3-14-4-5-15(19)11-17(14)20/h4-5,11,16H,2-3,6-10,12-13H2,1H3,(H2,21,22,23). The Balaban J connectivity index is 1.36. The molecule has 1 atom stereocenters. The Labute approximate surface area is 157 Å². The zero-order valence-corrected chi connectivity index (χ0v) is 16.4. The molecule has 1 unspecified atom stereocenters. The first kappa shape index (κ1) is 18.6. The Hall–Kier alpha value is -1.18. The summed E-state index contributed by atoms with van der Waals surface area (Å²) in [5.41, 5.74) is 0.757. The van der Waals surface area contributed by atoms with E-state index in [2.05, 4.69) is 41.4 Å². The number of hydrogen-bond acceptors (Lipinski definition) is 3. The second-order valence-corrected chi connectivity index (χ2v) is 7.63. The predicted octanol–water partition coefficient (Wildman–Crippen LogP) is 1.69. The van der Waals surface area contributed by atoms with Gasteiger partial charge >= 0.3 is 0 Å². The Morgan fingerprint density at radius 2 is 2.08 bits per heavy atom. The molecule has 1 aromatic carbocycles. The summed E-state index contributed by atoms with van der Waals surface area (Å²) in [5.74, 6) is 0.683. The second-order valence-electron chi connectivity index (χ2n) is 6.71. The van der Waals surface area contributed by atoms with Crippen LogP contribution in [-0.2, 0) is 6.42 Å². The van der Waals surface area contributed by atoms with E-state index in [1.165, 1.54) is 32.2 Å². The van der Waals surface area contributed by atoms with E-state index in [0.717, 1.165) is 42.1 Å². The lowest BCUT2D eigenvalue weighted by Crippen LogP contribution is -2.63. The van der Waals surface area contributed by atoms with Gasteiger partial charge in [0.15, 0.2) is 5.96 Å². The number of hydrogen-bond donors (Lipinski definition) is 2. The maximum absolute atomic E-state index is 13.8. The molecule has 3 fully saturated rings. The highest BCUT2D eigenvalue weighted by Crippen LogP contribution is 2.16. The molecule has 3 heterocycles. The Morgan fingerprint density at radius 1 is 1.28 bits per heavy atom. The van der Waals surface area contributed by atoms with E-state index in [1.807, 2.05) is 12.1 Å². The highest BCUT2D eigenvalue weighted by molar-refractivity contribution is 9.10. The van der Waals surface area contributed by atoms with Gasteiger partial charge in [-0.15, -0.1) is 0 Å². The molecule has 138 valence electrons. The van der Waals surface area contributed by atoms with Gasteiger partial charge in [0.2, 0.25) is 0 Å². The Morgan fingerprint density at radius 3 is 2.72 bits per heavy atom. The summed E-state index contributed by atoms with van der Waals surface area (Å²) in [6.07, 6.45) is 1.58. The predicted molar refractivity (Wildman–Crippen MR) is 104 cm³/mol. The number of fused-ring (bicyclic) bond motifs is 3. The normalized spacial score (nSPS) is 25.9. The molecule has 7 heteroatoms. The first-order chi connectivity index (χ1) is 12.2. The number of nitrogens with zero attached hydrogens (tertiary/aromatic N) is 3. The van der Waals surface area contributed by atoms with E-state index in [9.17, 15) is 4.39 Å². The zero-order valence-electron chi connectivity index (χ0n) is 14.8. The molecule has 0 radical (unpaired) electrons. The van der Waals surface area contributed by atoms with Crippen LogP contribution in [-0.4, -0.2) is 74.7 Å². The van der Waals surface area contributed by atoms with Gasteiger partial charge < -0.3 is 10.6 Å². The maximum Gasteiger partial charge on any atom is 0.191 e. The summed E-state index contributed by atoms with van der Waals surface area (Å²) >= 11 is 3.29. The lowest BCUT2D eigenvalue weighted by atomic mass is 10.1. The highest BCUT2D eigenvalue weighted by Gasteiger charge is 2.31. The van der Waals surface area contributed by atoms with Crippen LogP contribution >= 0.6 is 15.9 Å². The number of rotatable bonds is 6. The van der Waals surface area contributed by atoms with E-state index in [0.29, 0.717) is 12.5 Å². The average Bonchev–Trinajstić information content (AvgIpc) is 2.63. The average molecular weight is 412 g/mol. The number of guanidine groups is 1. The molecule has 1 aromatic rings. The molecular weight excluding hydrogens is 385 g/mol. The molecule has 0 aromatic heterocycles. The molecule has 3 aliphatic rings. The summed E-state index contributed by atoms with van der Waals surface area (Å²) in [4.78, 5) is 9.39. The van der Waals surface area contributed by atoms with Crippen molar-refractivity contribution in [3.63, 3.8) is 0 Å². The van der Waals surface area contributed by atoms with Crippen molar-refractivity contribution < 1.29 is 4.39 Å². The van der Waals surface area contributed by atoms with Crippen LogP contribution < -0.4 is 10.6 Å². The first-order valence-electron chi connectivity index (χ1n) is 9.00. The van der Waals surface area contributed by atoms with Crippen LogP contribution in [0.2, 0.25) is 0 Å². The summed E-state index contributed by atoms with van der Waals surface area (Å²) in [6.45, 7) is 7.60. The largest absolute Gasteiger partial charge is 0.356 e.